The van der Waals surface area contributed by atoms with Gasteiger partial charge in [-0.05, 0) is 50.2 Å². The van der Waals surface area contributed by atoms with Crippen molar-refractivity contribution in [1.29, 1.82) is 5.26 Å². The van der Waals surface area contributed by atoms with E-state index in [1.54, 1.807) is 43.3 Å². The number of nitriles is 1. The SMILES string of the molecule is CCOC(=O)CN(C(=O)c1ccc(C#N)cc1)c1ccc(C)cc1. The Kier molecular flexibility index (Phi) is 5.69. The molecule has 5 nitrogen and oxygen atoms in total. The normalized spacial score (nSPS) is 9.88. The molecule has 2 aromatic rings. The predicted octanol–water partition coefficient (Wildman–Crippen LogP) is 3.08. The van der Waals surface area contributed by atoms with Crippen LogP contribution in [0.15, 0.2) is 48.5 Å². The molecule has 0 unspecified atom stereocenters. The molecule has 0 aliphatic rings. The molecule has 0 heterocycles. The summed E-state index contributed by atoms with van der Waals surface area (Å²) in [6.45, 7) is 3.75. The zero-order valence-corrected chi connectivity index (χ0v) is 13.7. The van der Waals surface area contributed by atoms with Crippen molar-refractivity contribution in [2.24, 2.45) is 0 Å². The largest absolute Gasteiger partial charge is 0.465 e. The third-order valence-corrected chi connectivity index (χ3v) is 3.44. The zero-order chi connectivity index (χ0) is 17.5. The molecule has 5 heteroatoms. The summed E-state index contributed by atoms with van der Waals surface area (Å²) in [5, 5.41) is 8.85. The van der Waals surface area contributed by atoms with E-state index in [-0.39, 0.29) is 19.1 Å². The van der Waals surface area contributed by atoms with Gasteiger partial charge in [-0.1, -0.05) is 17.7 Å². The first kappa shape index (κ1) is 17.2. The minimum atomic E-state index is -0.472. The van der Waals surface area contributed by atoms with Crippen LogP contribution < -0.4 is 4.90 Å². The predicted molar refractivity (Wildman–Crippen MR) is 90.6 cm³/mol. The van der Waals surface area contributed by atoms with Gasteiger partial charge in [0.2, 0.25) is 0 Å². The summed E-state index contributed by atoms with van der Waals surface area (Å²) >= 11 is 0. The molecule has 0 fully saturated rings. The highest BCUT2D eigenvalue weighted by Gasteiger charge is 2.21. The number of nitrogens with zero attached hydrogens (tertiary/aromatic N) is 2. The monoisotopic (exact) mass is 322 g/mol. The third-order valence-electron chi connectivity index (χ3n) is 3.44. The molecule has 0 aromatic heterocycles. The number of benzene rings is 2. The van der Waals surface area contributed by atoms with Gasteiger partial charge in [-0.15, -0.1) is 0 Å². The van der Waals surface area contributed by atoms with E-state index in [1.165, 1.54) is 4.90 Å². The minimum absolute atomic E-state index is 0.171. The fraction of sp³-hybridized carbons (Fsp3) is 0.211. The Balaban J connectivity index is 2.32. The lowest BCUT2D eigenvalue weighted by atomic mass is 10.1. The summed E-state index contributed by atoms with van der Waals surface area (Å²) in [5.41, 5.74) is 2.54. The molecular formula is C19H18N2O3. The number of carbonyl (C=O) groups is 2. The van der Waals surface area contributed by atoms with Crippen LogP contribution in [0.1, 0.15) is 28.4 Å². The Labute approximate surface area is 141 Å². The zero-order valence-electron chi connectivity index (χ0n) is 13.7. The maximum absolute atomic E-state index is 12.8. The summed E-state index contributed by atoms with van der Waals surface area (Å²) in [5.74, 6) is -0.795. The van der Waals surface area contributed by atoms with Gasteiger partial charge >= 0.3 is 5.97 Å². The number of esters is 1. The quantitative estimate of drug-likeness (QED) is 0.793. The van der Waals surface area contributed by atoms with Crippen LogP contribution in [-0.4, -0.2) is 25.0 Å². The lowest BCUT2D eigenvalue weighted by Gasteiger charge is -2.22. The minimum Gasteiger partial charge on any atom is -0.465 e. The van der Waals surface area contributed by atoms with Crippen LogP contribution in [0.4, 0.5) is 5.69 Å². The van der Waals surface area contributed by atoms with Crippen molar-refractivity contribution in [2.45, 2.75) is 13.8 Å². The average molecular weight is 322 g/mol. The smallest absolute Gasteiger partial charge is 0.326 e. The van der Waals surface area contributed by atoms with Crippen molar-refractivity contribution in [2.75, 3.05) is 18.1 Å². The first-order valence-electron chi connectivity index (χ1n) is 7.59. The van der Waals surface area contributed by atoms with Crippen molar-refractivity contribution < 1.29 is 14.3 Å². The maximum atomic E-state index is 12.8. The molecule has 0 spiro atoms. The lowest BCUT2D eigenvalue weighted by molar-refractivity contribution is -0.141. The average Bonchev–Trinajstić information content (AvgIpc) is 2.60. The molecule has 122 valence electrons. The molecule has 24 heavy (non-hydrogen) atoms. The van der Waals surface area contributed by atoms with E-state index < -0.39 is 5.97 Å². The van der Waals surface area contributed by atoms with Gasteiger partial charge in [0.25, 0.3) is 5.91 Å². The van der Waals surface area contributed by atoms with Crippen molar-refractivity contribution in [3.63, 3.8) is 0 Å². The molecule has 0 N–H and O–H groups in total. The summed E-state index contributed by atoms with van der Waals surface area (Å²) in [6, 6.07) is 15.6. The molecule has 2 rings (SSSR count). The fourth-order valence-electron chi connectivity index (χ4n) is 2.18. The number of amides is 1. The van der Waals surface area contributed by atoms with Crippen molar-refractivity contribution >= 4 is 17.6 Å². The number of hydrogen-bond donors (Lipinski definition) is 0. The topological polar surface area (TPSA) is 70.4 Å². The van der Waals surface area contributed by atoms with E-state index in [4.69, 9.17) is 10.00 Å². The summed E-state index contributed by atoms with van der Waals surface area (Å²) in [4.78, 5) is 26.0. The molecule has 1 amide bonds. The van der Waals surface area contributed by atoms with E-state index >= 15 is 0 Å². The van der Waals surface area contributed by atoms with E-state index in [0.717, 1.165) is 5.56 Å². The van der Waals surface area contributed by atoms with Crippen LogP contribution in [0.2, 0.25) is 0 Å². The van der Waals surface area contributed by atoms with E-state index in [2.05, 4.69) is 0 Å². The number of ether oxygens (including phenoxy) is 1. The Hall–Kier alpha value is -3.13. The van der Waals surface area contributed by atoms with Crippen LogP contribution in [0, 0.1) is 18.3 Å². The van der Waals surface area contributed by atoms with Crippen LogP contribution in [0.3, 0.4) is 0 Å². The molecule has 0 aliphatic carbocycles. The standard InChI is InChI=1S/C19H18N2O3/c1-3-24-18(22)13-21(17-10-4-14(2)5-11-17)19(23)16-8-6-15(12-20)7-9-16/h4-11H,3,13H2,1-2H3. The second kappa shape index (κ2) is 7.93. The van der Waals surface area contributed by atoms with E-state index in [9.17, 15) is 9.59 Å². The number of anilines is 1. The van der Waals surface area contributed by atoms with Crippen LogP contribution in [-0.2, 0) is 9.53 Å². The Bertz CT molecular complexity index is 759. The van der Waals surface area contributed by atoms with Crippen molar-refractivity contribution in [3.8, 4) is 6.07 Å². The van der Waals surface area contributed by atoms with Gasteiger partial charge in [-0.25, -0.2) is 0 Å². The van der Waals surface area contributed by atoms with E-state index in [0.29, 0.717) is 16.8 Å². The van der Waals surface area contributed by atoms with Crippen molar-refractivity contribution in [3.05, 3.63) is 65.2 Å². The molecule has 0 radical (unpaired) electrons. The van der Waals surface area contributed by atoms with Gasteiger partial charge in [0.05, 0.1) is 18.2 Å². The lowest BCUT2D eigenvalue weighted by Crippen LogP contribution is -2.36. The highest BCUT2D eigenvalue weighted by molar-refractivity contribution is 6.08. The molecule has 0 saturated heterocycles. The summed E-state index contributed by atoms with van der Waals surface area (Å²) < 4.78 is 4.96. The van der Waals surface area contributed by atoms with Crippen molar-refractivity contribution in [1.82, 2.24) is 0 Å². The van der Waals surface area contributed by atoms with Crippen LogP contribution >= 0.6 is 0 Å². The summed E-state index contributed by atoms with van der Waals surface area (Å²) in [7, 11) is 0. The third kappa shape index (κ3) is 4.20. The Morgan fingerprint density at radius 3 is 2.25 bits per heavy atom. The Morgan fingerprint density at radius 1 is 1.08 bits per heavy atom. The molecule has 0 saturated carbocycles. The van der Waals surface area contributed by atoms with Gasteiger partial charge in [0.1, 0.15) is 6.54 Å². The first-order chi connectivity index (χ1) is 11.5. The van der Waals surface area contributed by atoms with Gasteiger partial charge in [0, 0.05) is 11.3 Å². The highest BCUT2D eigenvalue weighted by Crippen LogP contribution is 2.18. The second-order valence-electron chi connectivity index (χ2n) is 5.22. The van der Waals surface area contributed by atoms with Gasteiger partial charge in [0.15, 0.2) is 0 Å². The summed E-state index contributed by atoms with van der Waals surface area (Å²) in [6.07, 6.45) is 0. The van der Waals surface area contributed by atoms with E-state index in [1.807, 2.05) is 25.1 Å². The molecule has 0 aliphatic heterocycles. The van der Waals surface area contributed by atoms with Gasteiger partial charge in [-0.3, -0.25) is 14.5 Å². The fourth-order valence-corrected chi connectivity index (χ4v) is 2.18. The first-order valence-corrected chi connectivity index (χ1v) is 7.59. The molecule has 2 aromatic carbocycles. The van der Waals surface area contributed by atoms with Crippen LogP contribution in [0.5, 0.6) is 0 Å². The van der Waals surface area contributed by atoms with Gasteiger partial charge < -0.3 is 4.74 Å². The van der Waals surface area contributed by atoms with Gasteiger partial charge in [-0.2, -0.15) is 5.26 Å². The second-order valence-corrected chi connectivity index (χ2v) is 5.22. The molecular weight excluding hydrogens is 304 g/mol. The number of rotatable bonds is 5. The molecule has 0 bridgehead atoms. The number of hydrogen-bond acceptors (Lipinski definition) is 4. The molecule has 0 atom stereocenters. The maximum Gasteiger partial charge on any atom is 0.326 e. The number of carbonyl (C=O) groups excluding carboxylic acids is 2. The highest BCUT2D eigenvalue weighted by atomic mass is 16.5. The Morgan fingerprint density at radius 2 is 1.71 bits per heavy atom. The number of aryl methyl sites for hydroxylation is 1. The van der Waals surface area contributed by atoms with Crippen LogP contribution in [0.25, 0.3) is 0 Å².